The molecule has 88 heavy (non-hydrogen) atoms. The molecule has 1 aromatic heterocycles. The summed E-state index contributed by atoms with van der Waals surface area (Å²) in [6, 6.07) is 6.63. The number of nitrogens with two attached hydrogens (primary N) is 1. The number of aromatic nitrogens is 1. The molecule has 4 aromatic rings. The van der Waals surface area contributed by atoms with Crippen molar-refractivity contribution in [3.8, 4) is 39.8 Å². The van der Waals surface area contributed by atoms with Crippen LogP contribution in [-0.4, -0.2) is 197 Å². The van der Waals surface area contributed by atoms with E-state index in [0.717, 1.165) is 53.7 Å². The number of aliphatic hydroxyl groups excluding tert-OH is 6. The molecule has 3 aromatic carbocycles. The molecule has 3 fully saturated rings. The third-order valence-corrected chi connectivity index (χ3v) is 15.3. The van der Waals surface area contributed by atoms with E-state index in [1.807, 2.05) is 24.3 Å². The van der Waals surface area contributed by atoms with Crippen LogP contribution in [0, 0.1) is 5.92 Å². The number of hydrogen-bond acceptors (Lipinski definition) is 23. The van der Waals surface area contributed by atoms with E-state index < -0.39 is 177 Å². The minimum Gasteiger partial charge on any atom is -0.691 e. The van der Waals surface area contributed by atoms with Gasteiger partial charge in [-0.2, -0.15) is 0 Å². The summed E-state index contributed by atoms with van der Waals surface area (Å²) in [6.45, 7) is 3.53. The Labute approximate surface area is 530 Å². The molecule has 0 radical (unpaired) electrons. The van der Waals surface area contributed by atoms with Crippen LogP contribution >= 0.6 is 12.3 Å². The number of carbonyl (C=O) groups excluding carboxylic acids is 8. The van der Waals surface area contributed by atoms with Gasteiger partial charge in [-0.25, -0.2) is 0 Å². The van der Waals surface area contributed by atoms with Crippen molar-refractivity contribution in [3.63, 3.8) is 0 Å². The first-order valence-corrected chi connectivity index (χ1v) is 28.5. The van der Waals surface area contributed by atoms with Crippen LogP contribution < -0.4 is 76.1 Å². The maximum atomic E-state index is 14.7. The molecule has 7 rings (SSSR count). The predicted molar refractivity (Wildman–Crippen MR) is 300 cm³/mol. The number of nitrogens with one attached hydrogen (secondary N) is 5. The number of unbranched alkanes of at least 4 members (excludes halogenated alkanes) is 2. The quantitative estimate of drug-likeness (QED) is 0.0129. The van der Waals surface area contributed by atoms with Gasteiger partial charge in [-0.15, -0.1) is 4.33 Å². The van der Waals surface area contributed by atoms with Crippen molar-refractivity contribution < 1.29 is 132 Å². The molecule has 0 bridgehead atoms. The third kappa shape index (κ3) is 18.1. The summed E-state index contributed by atoms with van der Waals surface area (Å²) in [5.41, 5.74) is 7.12. The number of hydrogen-bond donors (Lipinski definition) is 13. The van der Waals surface area contributed by atoms with E-state index in [9.17, 15) is 79.4 Å². The zero-order chi connectivity index (χ0) is 63.2. The van der Waals surface area contributed by atoms with E-state index in [1.54, 1.807) is 18.2 Å². The summed E-state index contributed by atoms with van der Waals surface area (Å²) in [5, 5.41) is 108. The van der Waals surface area contributed by atoms with Crippen LogP contribution in [0.4, 0.5) is 0 Å². The van der Waals surface area contributed by atoms with E-state index in [2.05, 4.69) is 48.0 Å². The standard InChI is InChI=1S/C56H71N9O21S.Na/c1-4-5-6-17-82-35-14-12-31(13-15-35)42-22-36(63-83-42)30-8-10-32(11-9-30)50(74)59-37-20-33(67)24-58-54(78)48-49(73)27(2)25-65(48)56(80)47(41(71)23-44(57)72)62-53(77)46(40(70)18-29-7-16-39(69)43(19-29)84-87-86-85-81)61-52(76)38-21-34(68)26-64(38)55(79)45(28(3)66)60-51(37)75;/h7-16,19,22,27-28,33-34,37-38,40-41,45-49,66-71,73,81H,4-6,17-18,20-21,23-26H2,1-3H3,(H2,57,72)(H,58,78)(H,59,74)(H,60,75)(H,61,76)(H,62,77);/q;+1/p-1. The van der Waals surface area contributed by atoms with Crippen molar-refractivity contribution in [2.24, 2.45) is 11.7 Å². The van der Waals surface area contributed by atoms with Crippen molar-refractivity contribution in [2.75, 3.05) is 26.2 Å². The number of ether oxygens (including phenoxy) is 1. The van der Waals surface area contributed by atoms with Crippen molar-refractivity contribution >= 4 is 59.6 Å². The molecule has 0 aliphatic carbocycles. The molecule has 4 heterocycles. The van der Waals surface area contributed by atoms with Crippen LogP contribution in [-0.2, 0) is 49.4 Å². The van der Waals surface area contributed by atoms with Gasteiger partial charge in [0.1, 0.15) is 47.7 Å². The van der Waals surface area contributed by atoms with Crippen LogP contribution in [0.5, 0.6) is 17.2 Å². The first kappa shape index (κ1) is 70.1. The molecule has 30 nitrogen and oxygen atoms in total. The number of amides is 8. The second kappa shape index (κ2) is 32.5. The van der Waals surface area contributed by atoms with Crippen molar-refractivity contribution in [3.05, 3.63) is 83.9 Å². The Morgan fingerprint density at radius 1 is 0.818 bits per heavy atom. The normalized spacial score (nSPS) is 25.1. The SMILES string of the molecule is CCCCCOc1ccc(-c2cc(-c3ccc(C(=O)NC4CC(O)CNC(=O)C5C(O)C(C)CN5C(=O)C(C(O)CC(N)=O)NC(=O)C(C(O)Cc5ccc(O)c(OSOO[O-])c5)NC(=O)C5CC(O)CN5C(=O)C(C(C)O)NC4=O)cc3)no2)cc1.[Na+]. The fourth-order valence-corrected chi connectivity index (χ4v) is 10.5. The maximum absolute atomic E-state index is 14.7. The van der Waals surface area contributed by atoms with Crippen molar-refractivity contribution in [1.29, 1.82) is 0 Å². The fourth-order valence-electron chi connectivity index (χ4n) is 10.3. The molecule has 3 aliphatic rings. The van der Waals surface area contributed by atoms with Crippen molar-refractivity contribution in [2.45, 2.75) is 139 Å². The van der Waals surface area contributed by atoms with Gasteiger partial charge in [0.05, 0.1) is 49.7 Å². The fraction of sp³-hybridized carbons (Fsp3) is 0.482. The van der Waals surface area contributed by atoms with Gasteiger partial charge in [-0.1, -0.05) is 50.0 Å². The summed E-state index contributed by atoms with van der Waals surface area (Å²) in [7, 11) is 0. The van der Waals surface area contributed by atoms with E-state index in [0.29, 0.717) is 29.4 Å². The minimum atomic E-state index is -2.22. The zero-order valence-electron chi connectivity index (χ0n) is 48.4. The van der Waals surface area contributed by atoms with E-state index >= 15 is 0 Å². The van der Waals surface area contributed by atoms with Crippen LogP contribution in [0.3, 0.4) is 0 Å². The van der Waals surface area contributed by atoms with Gasteiger partial charge in [0, 0.05) is 67.6 Å². The second-order valence-corrected chi connectivity index (χ2v) is 21.9. The molecular formula is C56H70N9NaO21S. The van der Waals surface area contributed by atoms with Gasteiger partial charge < -0.3 is 96.6 Å². The van der Waals surface area contributed by atoms with E-state index in [-0.39, 0.29) is 58.8 Å². The number of benzene rings is 3. The number of rotatable bonds is 20. The first-order chi connectivity index (χ1) is 41.5. The summed E-state index contributed by atoms with van der Waals surface area (Å²) < 4.78 is 20.6. The minimum absolute atomic E-state index is 0. The van der Waals surface area contributed by atoms with Gasteiger partial charge in [0.15, 0.2) is 17.3 Å². The van der Waals surface area contributed by atoms with Crippen LogP contribution in [0.2, 0.25) is 0 Å². The number of β-amino-alcohol motifs (C(OH)–C–C–N with tert-alkyl or cyclic N) is 1. The average Bonchev–Trinajstić information content (AvgIpc) is 1.95. The molecule has 13 unspecified atom stereocenters. The summed E-state index contributed by atoms with van der Waals surface area (Å²) in [6.07, 6.45) is -10.6. The number of phenolic OH excluding ortho intramolecular Hbond substituents is 1. The number of phenols is 1. The zero-order valence-corrected chi connectivity index (χ0v) is 51.2. The average molecular weight is 1260 g/mol. The van der Waals surface area contributed by atoms with Gasteiger partial charge in [-0.05, 0) is 67.4 Å². The summed E-state index contributed by atoms with van der Waals surface area (Å²) in [4.78, 5) is 115. The Balaban J connectivity index is 0.0000124. The largest absolute Gasteiger partial charge is 1.00 e. The van der Waals surface area contributed by atoms with Crippen LogP contribution in [0.15, 0.2) is 77.3 Å². The molecule has 0 saturated carbocycles. The predicted octanol–water partition coefficient (Wildman–Crippen LogP) is -5.72. The van der Waals surface area contributed by atoms with E-state index in [1.165, 1.54) is 25.1 Å². The van der Waals surface area contributed by atoms with Gasteiger partial charge in [0.25, 0.3) is 18.2 Å². The second-order valence-electron chi connectivity index (χ2n) is 21.5. The van der Waals surface area contributed by atoms with Gasteiger partial charge in [0.2, 0.25) is 41.4 Å². The molecule has 472 valence electrons. The molecule has 8 amide bonds. The van der Waals surface area contributed by atoms with Crippen molar-refractivity contribution in [1.82, 2.24) is 41.5 Å². The van der Waals surface area contributed by atoms with Gasteiger partial charge >= 0.3 is 29.6 Å². The van der Waals surface area contributed by atoms with Crippen LogP contribution in [0.25, 0.3) is 22.6 Å². The smallest absolute Gasteiger partial charge is 0.691 e. The molecule has 0 spiro atoms. The monoisotopic (exact) mass is 1260 g/mol. The first-order valence-electron chi connectivity index (χ1n) is 27.9. The number of aromatic hydroxyl groups is 1. The number of nitrogens with zero attached hydrogens (tertiary/aromatic N) is 3. The Morgan fingerprint density at radius 2 is 1.49 bits per heavy atom. The topological polar surface area (TPSA) is 457 Å². The molecule has 13 atom stereocenters. The van der Waals surface area contributed by atoms with E-state index in [4.69, 9.17) is 19.2 Å². The Morgan fingerprint density at radius 3 is 2.16 bits per heavy atom. The number of carbonyl (C=O) groups is 8. The molecule has 3 saturated heterocycles. The maximum Gasteiger partial charge on any atom is 1.00 e. The van der Waals surface area contributed by atoms with Crippen LogP contribution in [0.1, 0.15) is 75.2 Å². The summed E-state index contributed by atoms with van der Waals surface area (Å²) >= 11 is -0.00695. The molecular weight excluding hydrogens is 1190 g/mol. The molecule has 14 N–H and O–H groups in total. The molecule has 3 aliphatic heterocycles. The number of fused-ring (bicyclic) bond motifs is 2. The summed E-state index contributed by atoms with van der Waals surface area (Å²) in [5.74, 6) is -10.1. The Bertz CT molecular complexity index is 3070. The third-order valence-electron chi connectivity index (χ3n) is 14.9. The number of primary amides is 1. The Hall–Kier alpha value is -6.98. The number of aliphatic hydroxyl groups is 6. The Kier molecular flexibility index (Phi) is 25.9. The molecule has 32 heteroatoms. The van der Waals surface area contributed by atoms with Gasteiger partial charge in [-0.3, -0.25) is 43.4 Å².